The Morgan fingerprint density at radius 3 is 2.00 bits per heavy atom. The van der Waals surface area contributed by atoms with Crippen molar-refractivity contribution in [2.24, 2.45) is 0 Å². The predicted molar refractivity (Wildman–Crippen MR) is 172 cm³/mol. The van der Waals surface area contributed by atoms with Crippen molar-refractivity contribution in [1.82, 2.24) is 0 Å². The van der Waals surface area contributed by atoms with E-state index in [9.17, 15) is 0 Å². The minimum absolute atomic E-state index is 0. The van der Waals surface area contributed by atoms with E-state index in [2.05, 4.69) is 149 Å². The molecule has 0 nitrogen and oxygen atoms in total. The van der Waals surface area contributed by atoms with Gasteiger partial charge in [0.05, 0.1) is 8.07 Å². The third-order valence-electron chi connectivity index (χ3n) is 8.66. The second-order valence-corrected chi connectivity index (χ2v) is 18.5. The summed E-state index contributed by atoms with van der Waals surface area (Å²) in [5.74, 6) is 0. The number of aryl methyl sites for hydroxylation is 1. The van der Waals surface area contributed by atoms with E-state index >= 15 is 0 Å². The van der Waals surface area contributed by atoms with Gasteiger partial charge in [0, 0.05) is 0 Å². The quantitative estimate of drug-likeness (QED) is 0.276. The van der Waals surface area contributed by atoms with E-state index in [1.165, 1.54) is 77.7 Å². The Labute approximate surface area is 280 Å². The standard InChI is InChI=1S/C25H29Si.C13H10.2ClH.Zr/c1-6-18-12-13-21-20(16-18)17-23-22(21)14-15-25(7-2,26(3,4)5)24(23)19-10-8-9-11-19;1-3-7-12(8-4-1)11-13-9-5-2-6-10-13;;;/h8-10,12-16H,6-7,11H2,1-5H3;1-10H;2*1H;/q-1;;;;+2/p-2. The average Bonchev–Trinajstić information content (AvgIpc) is 3.64. The van der Waals surface area contributed by atoms with Crippen molar-refractivity contribution < 1.29 is 49.0 Å². The molecule has 0 spiro atoms. The summed E-state index contributed by atoms with van der Waals surface area (Å²) >= 11 is 1.46. The van der Waals surface area contributed by atoms with Crippen LogP contribution in [-0.4, -0.2) is 11.3 Å². The fourth-order valence-corrected chi connectivity index (χ4v) is 9.79. The molecule has 1 unspecified atom stereocenters. The summed E-state index contributed by atoms with van der Waals surface area (Å²) in [5.41, 5.74) is 9.88. The topological polar surface area (TPSA) is 0 Å². The number of hydrogen-bond acceptors (Lipinski definition) is 0. The summed E-state index contributed by atoms with van der Waals surface area (Å²) in [6.07, 6.45) is 19.0. The Morgan fingerprint density at radius 1 is 0.881 bits per heavy atom. The molecule has 6 rings (SSSR count). The first-order valence-corrected chi connectivity index (χ1v) is 19.3. The van der Waals surface area contributed by atoms with Crippen molar-refractivity contribution in [3.05, 3.63) is 153 Å². The van der Waals surface area contributed by atoms with E-state index in [0.717, 1.165) is 12.8 Å². The molecule has 3 aliphatic carbocycles. The zero-order valence-electron chi connectivity index (χ0n) is 25.3. The van der Waals surface area contributed by atoms with Crippen molar-refractivity contribution in [3.8, 4) is 0 Å². The van der Waals surface area contributed by atoms with Gasteiger partial charge in [0.15, 0.2) is 0 Å². The predicted octanol–water partition coefficient (Wildman–Crippen LogP) is 2.12. The summed E-state index contributed by atoms with van der Waals surface area (Å²) in [6, 6.07) is 28.0. The van der Waals surface area contributed by atoms with Gasteiger partial charge in [-0.15, -0.1) is 33.7 Å². The van der Waals surface area contributed by atoms with E-state index in [1.54, 1.807) is 5.57 Å². The van der Waals surface area contributed by atoms with E-state index in [0.29, 0.717) is 0 Å². The van der Waals surface area contributed by atoms with Gasteiger partial charge < -0.3 is 24.8 Å². The average molecular weight is 686 g/mol. The van der Waals surface area contributed by atoms with Crippen LogP contribution in [0.15, 0.2) is 126 Å². The molecule has 1 atom stereocenters. The summed E-state index contributed by atoms with van der Waals surface area (Å²) in [6.45, 7) is 12.2. The molecular weight excluding hydrogens is 647 g/mol. The minimum atomic E-state index is -1.48. The number of rotatable bonds is 6. The monoisotopic (exact) mass is 683 g/mol. The van der Waals surface area contributed by atoms with E-state index in [-0.39, 0.29) is 29.9 Å². The molecule has 0 amide bonds. The van der Waals surface area contributed by atoms with Crippen LogP contribution < -0.4 is 35.3 Å². The molecule has 0 saturated carbocycles. The fourth-order valence-electron chi connectivity index (χ4n) is 6.29. The SMILES string of the molecule is CCc1ccc2c(c1)=[C-]C1=C(C3=CC=CC3)C(CC)([Si](C)(C)C)C=CC=21.[Cl-].[Cl-].[Zr+2]=[C](c1ccccc1)c1ccccc1. The molecule has 0 fully saturated rings. The summed E-state index contributed by atoms with van der Waals surface area (Å²) < 4.78 is 1.42. The van der Waals surface area contributed by atoms with Crippen LogP contribution in [-0.2, 0) is 30.7 Å². The summed E-state index contributed by atoms with van der Waals surface area (Å²) in [4.78, 5) is 0. The molecule has 0 aliphatic heterocycles. The van der Waals surface area contributed by atoms with E-state index in [1.807, 2.05) is 0 Å². The van der Waals surface area contributed by atoms with E-state index < -0.39 is 8.07 Å². The molecule has 0 saturated heterocycles. The van der Waals surface area contributed by atoms with Crippen LogP contribution in [0.4, 0.5) is 0 Å². The van der Waals surface area contributed by atoms with Crippen LogP contribution in [0.3, 0.4) is 0 Å². The van der Waals surface area contributed by atoms with Gasteiger partial charge in [-0.1, -0.05) is 99.1 Å². The molecule has 0 N–H and O–H groups in total. The third kappa shape index (κ3) is 6.68. The Morgan fingerprint density at radius 2 is 1.50 bits per heavy atom. The first-order chi connectivity index (χ1) is 19.3. The first-order valence-electron chi connectivity index (χ1n) is 14.6. The third-order valence-corrected chi connectivity index (χ3v) is 13.5. The molecule has 0 radical (unpaired) electrons. The zero-order valence-corrected chi connectivity index (χ0v) is 30.2. The van der Waals surface area contributed by atoms with Crippen molar-refractivity contribution in [3.63, 3.8) is 0 Å². The number of fused-ring (bicyclic) bond motifs is 2. The molecule has 0 bridgehead atoms. The van der Waals surface area contributed by atoms with Gasteiger partial charge in [-0.3, -0.25) is 0 Å². The van der Waals surface area contributed by atoms with Gasteiger partial charge in [0.25, 0.3) is 0 Å². The Kier molecular flexibility index (Phi) is 11.9. The summed E-state index contributed by atoms with van der Waals surface area (Å²) in [7, 11) is -1.48. The number of hydrogen-bond donors (Lipinski definition) is 0. The maximum absolute atomic E-state index is 3.84. The molecule has 3 aromatic carbocycles. The molecule has 42 heavy (non-hydrogen) atoms. The van der Waals surface area contributed by atoms with Crippen LogP contribution >= 0.6 is 0 Å². The van der Waals surface area contributed by atoms with Crippen LogP contribution in [0, 0.1) is 0 Å². The zero-order chi connectivity index (χ0) is 28.3. The Bertz CT molecular complexity index is 1630. The Balaban J connectivity index is 0.000000258. The normalized spacial score (nSPS) is 18.1. The molecular formula is C38H39Cl2SiZr-. The number of allylic oxidation sites excluding steroid dienone is 8. The van der Waals surface area contributed by atoms with Crippen molar-refractivity contribution in [1.29, 1.82) is 0 Å². The number of halogens is 2. The summed E-state index contributed by atoms with van der Waals surface area (Å²) in [5, 5.41) is 2.83. The Hall–Kier alpha value is -2.09. The van der Waals surface area contributed by atoms with Crippen LogP contribution in [0.5, 0.6) is 0 Å². The molecule has 3 aromatic rings. The maximum atomic E-state index is 3.84. The molecule has 214 valence electrons. The second kappa shape index (κ2) is 14.6. The van der Waals surface area contributed by atoms with Gasteiger partial charge >= 0.3 is 99.2 Å². The van der Waals surface area contributed by atoms with Crippen molar-refractivity contribution >= 4 is 22.9 Å². The molecule has 4 heteroatoms. The fraction of sp³-hybridized carbons (Fsp3) is 0.237. The van der Waals surface area contributed by atoms with Gasteiger partial charge in [0.2, 0.25) is 0 Å². The van der Waals surface area contributed by atoms with Gasteiger partial charge in [-0.2, -0.15) is 0 Å². The molecule has 0 aromatic heterocycles. The van der Waals surface area contributed by atoms with Gasteiger partial charge in [-0.25, -0.2) is 0 Å². The number of benzene rings is 3. The van der Waals surface area contributed by atoms with Crippen LogP contribution in [0.25, 0.3) is 11.6 Å². The molecule has 0 heterocycles. The van der Waals surface area contributed by atoms with E-state index in [4.69, 9.17) is 0 Å². The first kappa shape index (κ1) is 34.4. The van der Waals surface area contributed by atoms with Crippen LogP contribution in [0.1, 0.15) is 43.4 Å². The van der Waals surface area contributed by atoms with Crippen LogP contribution in [0.2, 0.25) is 24.7 Å². The van der Waals surface area contributed by atoms with Gasteiger partial charge in [-0.05, 0) is 17.9 Å². The second-order valence-electron chi connectivity index (χ2n) is 11.9. The van der Waals surface area contributed by atoms with Crippen molar-refractivity contribution in [2.45, 2.75) is 57.8 Å². The van der Waals surface area contributed by atoms with Gasteiger partial charge in [0.1, 0.15) is 0 Å². The van der Waals surface area contributed by atoms with Crippen molar-refractivity contribution in [2.75, 3.05) is 0 Å². The molecule has 3 aliphatic rings.